The van der Waals surface area contributed by atoms with E-state index in [0.717, 1.165) is 11.1 Å². The smallest absolute Gasteiger partial charge is 0.256 e. The zero-order chi connectivity index (χ0) is 19.0. The first-order chi connectivity index (χ1) is 13.1. The summed E-state index contributed by atoms with van der Waals surface area (Å²) in [4.78, 5) is 17.2. The standard InChI is InChI=1S/C19H17N5O3/c1-11-6-13(12-7-15(26-2)18(27-3)22-8-12)23-14-10-24(19(25)17(11)14)16-9-20-4-5-21-16/h4-10,25H,1-3H3. The topological polar surface area (TPSA) is 95.2 Å². The number of hydrogen-bond acceptors (Lipinski definition) is 7. The maximum atomic E-state index is 10.6. The molecule has 0 aromatic carbocycles. The highest BCUT2D eigenvalue weighted by molar-refractivity contribution is 5.90. The fourth-order valence-corrected chi connectivity index (χ4v) is 3.00. The molecule has 136 valence electrons. The van der Waals surface area contributed by atoms with Crippen LogP contribution >= 0.6 is 0 Å². The number of ether oxygens (including phenoxy) is 2. The van der Waals surface area contributed by atoms with Crippen LogP contribution in [0.15, 0.2) is 43.1 Å². The number of fused-ring (bicyclic) bond motifs is 1. The Labute approximate surface area is 155 Å². The molecule has 1 N–H and O–H groups in total. The Balaban J connectivity index is 1.87. The van der Waals surface area contributed by atoms with E-state index >= 15 is 0 Å². The predicted octanol–water partition coefficient (Wildman–Crippen LogP) is 2.91. The van der Waals surface area contributed by atoms with Crippen LogP contribution in [0.5, 0.6) is 17.5 Å². The lowest BCUT2D eigenvalue weighted by molar-refractivity contribution is 0.343. The van der Waals surface area contributed by atoms with Crippen LogP contribution in [0.25, 0.3) is 28.0 Å². The Hall–Kier alpha value is -3.68. The highest BCUT2D eigenvalue weighted by Crippen LogP contribution is 2.35. The fraction of sp³-hybridized carbons (Fsp3) is 0.158. The molecule has 27 heavy (non-hydrogen) atoms. The number of aromatic nitrogens is 5. The number of aryl methyl sites for hydroxylation is 1. The van der Waals surface area contributed by atoms with Crippen molar-refractivity contribution in [3.8, 4) is 34.6 Å². The third-order valence-corrected chi connectivity index (χ3v) is 4.27. The minimum atomic E-state index is 0.0764. The molecule has 0 unspecified atom stereocenters. The Morgan fingerprint density at radius 2 is 1.89 bits per heavy atom. The molecule has 0 bridgehead atoms. The van der Waals surface area contributed by atoms with Crippen LogP contribution in [-0.2, 0) is 0 Å². The molecule has 4 heterocycles. The van der Waals surface area contributed by atoms with Gasteiger partial charge in [0.1, 0.15) is 0 Å². The van der Waals surface area contributed by atoms with Crippen molar-refractivity contribution in [1.82, 2.24) is 24.5 Å². The van der Waals surface area contributed by atoms with Crippen LogP contribution in [0.1, 0.15) is 5.56 Å². The summed E-state index contributed by atoms with van der Waals surface area (Å²) in [5.41, 5.74) is 3.02. The molecule has 4 rings (SSSR count). The molecular weight excluding hydrogens is 346 g/mol. The molecule has 0 fully saturated rings. The predicted molar refractivity (Wildman–Crippen MR) is 99.4 cm³/mol. The summed E-state index contributed by atoms with van der Waals surface area (Å²) in [6, 6.07) is 3.71. The van der Waals surface area contributed by atoms with Gasteiger partial charge >= 0.3 is 0 Å². The summed E-state index contributed by atoms with van der Waals surface area (Å²) in [6.07, 6.45) is 8.14. The van der Waals surface area contributed by atoms with Crippen molar-refractivity contribution in [2.75, 3.05) is 14.2 Å². The second-order valence-corrected chi connectivity index (χ2v) is 5.91. The molecule has 0 saturated heterocycles. The largest absolute Gasteiger partial charge is 0.494 e. The molecule has 0 aliphatic carbocycles. The Kier molecular flexibility index (Phi) is 4.08. The summed E-state index contributed by atoms with van der Waals surface area (Å²) in [6.45, 7) is 1.92. The van der Waals surface area contributed by atoms with Crippen LogP contribution in [0.3, 0.4) is 0 Å². The third kappa shape index (κ3) is 2.80. The Morgan fingerprint density at radius 3 is 2.59 bits per heavy atom. The van der Waals surface area contributed by atoms with E-state index in [1.807, 2.05) is 19.1 Å². The van der Waals surface area contributed by atoms with Crippen LogP contribution in [-0.4, -0.2) is 43.8 Å². The van der Waals surface area contributed by atoms with Crippen molar-refractivity contribution >= 4 is 10.9 Å². The van der Waals surface area contributed by atoms with Gasteiger partial charge in [0.15, 0.2) is 11.6 Å². The second-order valence-electron chi connectivity index (χ2n) is 5.91. The van der Waals surface area contributed by atoms with Gasteiger partial charge in [-0.25, -0.2) is 15.0 Å². The van der Waals surface area contributed by atoms with E-state index in [1.54, 1.807) is 42.7 Å². The van der Waals surface area contributed by atoms with Crippen molar-refractivity contribution in [3.05, 3.63) is 48.7 Å². The molecule has 0 spiro atoms. The summed E-state index contributed by atoms with van der Waals surface area (Å²) >= 11 is 0. The maximum absolute atomic E-state index is 10.6. The van der Waals surface area contributed by atoms with E-state index in [0.29, 0.717) is 34.0 Å². The maximum Gasteiger partial charge on any atom is 0.256 e. The van der Waals surface area contributed by atoms with Gasteiger partial charge in [0.05, 0.1) is 37.0 Å². The minimum Gasteiger partial charge on any atom is -0.494 e. The van der Waals surface area contributed by atoms with E-state index in [4.69, 9.17) is 9.47 Å². The third-order valence-electron chi connectivity index (χ3n) is 4.27. The van der Waals surface area contributed by atoms with Gasteiger partial charge in [-0.2, -0.15) is 0 Å². The number of nitrogens with zero attached hydrogens (tertiary/aromatic N) is 5. The average Bonchev–Trinajstić information content (AvgIpc) is 3.05. The van der Waals surface area contributed by atoms with Gasteiger partial charge in [-0.05, 0) is 24.6 Å². The number of aromatic hydroxyl groups is 1. The van der Waals surface area contributed by atoms with Gasteiger partial charge in [0.2, 0.25) is 5.88 Å². The van der Waals surface area contributed by atoms with E-state index in [1.165, 1.54) is 7.11 Å². The van der Waals surface area contributed by atoms with Crippen molar-refractivity contribution < 1.29 is 14.6 Å². The summed E-state index contributed by atoms with van der Waals surface area (Å²) < 4.78 is 12.1. The highest BCUT2D eigenvalue weighted by Gasteiger charge is 2.17. The molecular formula is C19H17N5O3. The van der Waals surface area contributed by atoms with Gasteiger partial charge in [-0.3, -0.25) is 9.55 Å². The zero-order valence-electron chi connectivity index (χ0n) is 15.0. The lowest BCUT2D eigenvalue weighted by atomic mass is 10.1. The molecule has 0 aliphatic heterocycles. The number of pyridine rings is 2. The van der Waals surface area contributed by atoms with Gasteiger partial charge in [0.25, 0.3) is 5.88 Å². The highest BCUT2D eigenvalue weighted by atomic mass is 16.5. The molecule has 8 nitrogen and oxygen atoms in total. The van der Waals surface area contributed by atoms with E-state index < -0.39 is 0 Å². The molecule has 4 aromatic rings. The van der Waals surface area contributed by atoms with Crippen LogP contribution in [0, 0.1) is 6.92 Å². The summed E-state index contributed by atoms with van der Waals surface area (Å²) in [7, 11) is 3.10. The first kappa shape index (κ1) is 16.8. The Morgan fingerprint density at radius 1 is 1.04 bits per heavy atom. The number of methoxy groups -OCH3 is 2. The van der Waals surface area contributed by atoms with Crippen molar-refractivity contribution in [1.29, 1.82) is 0 Å². The monoisotopic (exact) mass is 363 g/mol. The fourth-order valence-electron chi connectivity index (χ4n) is 3.00. The number of rotatable bonds is 4. The quantitative estimate of drug-likeness (QED) is 0.595. The SMILES string of the molecule is COc1cc(-c2cc(C)c3c(O)n(-c4cnccn4)cc3n2)cnc1OC. The zero-order valence-corrected chi connectivity index (χ0v) is 15.0. The van der Waals surface area contributed by atoms with Gasteiger partial charge in [-0.15, -0.1) is 0 Å². The van der Waals surface area contributed by atoms with E-state index in [2.05, 4.69) is 19.9 Å². The molecule has 0 radical (unpaired) electrons. The van der Waals surface area contributed by atoms with Crippen LogP contribution < -0.4 is 9.47 Å². The average molecular weight is 363 g/mol. The molecule has 0 aliphatic rings. The lowest BCUT2D eigenvalue weighted by Gasteiger charge is -2.09. The number of hydrogen-bond donors (Lipinski definition) is 1. The van der Waals surface area contributed by atoms with Gasteiger partial charge in [0, 0.05) is 30.4 Å². The lowest BCUT2D eigenvalue weighted by Crippen LogP contribution is -1.95. The second kappa shape index (κ2) is 6.56. The minimum absolute atomic E-state index is 0.0764. The molecule has 0 saturated carbocycles. The van der Waals surface area contributed by atoms with Crippen molar-refractivity contribution in [2.24, 2.45) is 0 Å². The van der Waals surface area contributed by atoms with Crippen molar-refractivity contribution in [2.45, 2.75) is 6.92 Å². The molecule has 8 heteroatoms. The Bertz CT molecular complexity index is 1130. The van der Waals surface area contributed by atoms with Crippen molar-refractivity contribution in [3.63, 3.8) is 0 Å². The summed E-state index contributed by atoms with van der Waals surface area (Å²) in [5.74, 6) is 1.52. The van der Waals surface area contributed by atoms with Gasteiger partial charge < -0.3 is 14.6 Å². The van der Waals surface area contributed by atoms with E-state index in [9.17, 15) is 5.11 Å². The van der Waals surface area contributed by atoms with Crippen LogP contribution in [0.2, 0.25) is 0 Å². The molecule has 0 amide bonds. The van der Waals surface area contributed by atoms with E-state index in [-0.39, 0.29) is 5.88 Å². The normalized spacial score (nSPS) is 10.9. The van der Waals surface area contributed by atoms with Crippen LogP contribution in [0.4, 0.5) is 0 Å². The van der Waals surface area contributed by atoms with Gasteiger partial charge in [-0.1, -0.05) is 0 Å². The molecule has 4 aromatic heterocycles. The summed E-state index contributed by atoms with van der Waals surface area (Å²) in [5, 5.41) is 11.3. The first-order valence-corrected chi connectivity index (χ1v) is 8.19. The molecule has 0 atom stereocenters. The first-order valence-electron chi connectivity index (χ1n) is 8.19.